The van der Waals surface area contributed by atoms with Crippen LogP contribution in [0.2, 0.25) is 0 Å². The van der Waals surface area contributed by atoms with Gasteiger partial charge in [-0.3, -0.25) is 9.69 Å². The lowest BCUT2D eigenvalue weighted by molar-refractivity contribution is -0.123. The average Bonchev–Trinajstić information content (AvgIpc) is 2.58. The number of hydrogen-bond acceptors (Lipinski definition) is 5. The van der Waals surface area contributed by atoms with E-state index in [1.165, 1.54) is 6.21 Å². The molecule has 0 atom stereocenters. The molecule has 0 aromatic heterocycles. The molecule has 0 bridgehead atoms. The molecule has 2 N–H and O–H groups in total. The van der Waals surface area contributed by atoms with E-state index in [1.54, 1.807) is 6.07 Å². The molecular weight excluding hydrogens is 294 g/mol. The number of benzene rings is 2. The number of nitrogens with one attached hydrogen (secondary N) is 1. The quantitative estimate of drug-likeness (QED) is 0.660. The lowest BCUT2D eigenvalue weighted by Gasteiger charge is -2.25. The zero-order chi connectivity index (χ0) is 16.1. The maximum Gasteiger partial charge on any atom is 0.254 e. The van der Waals surface area contributed by atoms with Crippen molar-refractivity contribution in [2.24, 2.45) is 5.10 Å². The minimum atomic E-state index is -0.178. The Kier molecular flexibility index (Phi) is 4.85. The normalized spacial score (nSPS) is 16.0. The van der Waals surface area contributed by atoms with Gasteiger partial charge in [-0.25, -0.2) is 5.43 Å². The summed E-state index contributed by atoms with van der Waals surface area (Å²) in [6, 6.07) is 11.2. The predicted molar refractivity (Wildman–Crippen MR) is 88.6 cm³/mol. The third-order valence-electron chi connectivity index (χ3n) is 3.80. The van der Waals surface area contributed by atoms with Gasteiger partial charge in [-0.05, 0) is 16.8 Å². The molecule has 1 aliphatic rings. The molecule has 0 spiro atoms. The van der Waals surface area contributed by atoms with Crippen LogP contribution in [0.25, 0.3) is 10.8 Å². The first-order chi connectivity index (χ1) is 11.2. The fourth-order valence-electron chi connectivity index (χ4n) is 2.59. The highest BCUT2D eigenvalue weighted by Gasteiger charge is 2.13. The van der Waals surface area contributed by atoms with Crippen LogP contribution in [0.1, 0.15) is 5.56 Å². The molecule has 0 unspecified atom stereocenters. The molecule has 1 heterocycles. The monoisotopic (exact) mass is 313 g/mol. The summed E-state index contributed by atoms with van der Waals surface area (Å²) in [4.78, 5) is 13.9. The second-order valence-electron chi connectivity index (χ2n) is 5.40. The number of phenolic OH excluding ortho intramolecular Hbond substituents is 1. The van der Waals surface area contributed by atoms with E-state index in [-0.39, 0.29) is 11.7 Å². The third kappa shape index (κ3) is 3.85. The minimum Gasteiger partial charge on any atom is -0.507 e. The first-order valence-corrected chi connectivity index (χ1v) is 7.57. The van der Waals surface area contributed by atoms with E-state index in [2.05, 4.69) is 10.5 Å². The maximum atomic E-state index is 11.9. The van der Waals surface area contributed by atoms with Gasteiger partial charge in [0, 0.05) is 18.7 Å². The number of carbonyl (C=O) groups is 1. The number of hydrazone groups is 1. The number of nitrogens with zero attached hydrogens (tertiary/aromatic N) is 2. The van der Waals surface area contributed by atoms with Gasteiger partial charge in [-0.1, -0.05) is 30.3 Å². The van der Waals surface area contributed by atoms with Crippen molar-refractivity contribution < 1.29 is 14.6 Å². The molecular formula is C17H19N3O3. The van der Waals surface area contributed by atoms with Crippen molar-refractivity contribution in [1.29, 1.82) is 0 Å². The smallest absolute Gasteiger partial charge is 0.254 e. The SMILES string of the molecule is O=C(CN1CCOCC1)N/N=C\c1c(O)ccc2ccccc12. The highest BCUT2D eigenvalue weighted by Crippen LogP contribution is 2.25. The maximum absolute atomic E-state index is 11.9. The van der Waals surface area contributed by atoms with Crippen molar-refractivity contribution in [3.05, 3.63) is 42.0 Å². The van der Waals surface area contributed by atoms with E-state index in [4.69, 9.17) is 4.74 Å². The highest BCUT2D eigenvalue weighted by atomic mass is 16.5. The van der Waals surface area contributed by atoms with Gasteiger partial charge < -0.3 is 9.84 Å². The third-order valence-corrected chi connectivity index (χ3v) is 3.80. The number of carbonyl (C=O) groups excluding carboxylic acids is 1. The van der Waals surface area contributed by atoms with Gasteiger partial charge >= 0.3 is 0 Å². The van der Waals surface area contributed by atoms with Crippen LogP contribution in [0.4, 0.5) is 0 Å². The summed E-state index contributed by atoms with van der Waals surface area (Å²) in [6.07, 6.45) is 1.48. The van der Waals surface area contributed by atoms with Crippen LogP contribution < -0.4 is 5.43 Å². The number of phenols is 1. The zero-order valence-electron chi connectivity index (χ0n) is 12.7. The number of rotatable bonds is 4. The van der Waals surface area contributed by atoms with Crippen LogP contribution in [0.3, 0.4) is 0 Å². The van der Waals surface area contributed by atoms with Crippen LogP contribution in [0.15, 0.2) is 41.5 Å². The Bertz CT molecular complexity index is 724. The summed E-state index contributed by atoms with van der Waals surface area (Å²) in [5.74, 6) is -0.0437. The summed E-state index contributed by atoms with van der Waals surface area (Å²) in [5.41, 5.74) is 3.10. The Morgan fingerprint density at radius 1 is 1.26 bits per heavy atom. The van der Waals surface area contributed by atoms with Crippen LogP contribution in [-0.2, 0) is 9.53 Å². The van der Waals surface area contributed by atoms with Gasteiger partial charge in [-0.2, -0.15) is 5.10 Å². The Balaban J connectivity index is 1.66. The van der Waals surface area contributed by atoms with Gasteiger partial charge in [0.1, 0.15) is 5.75 Å². The summed E-state index contributed by atoms with van der Waals surface area (Å²) >= 11 is 0. The average molecular weight is 313 g/mol. The van der Waals surface area contributed by atoms with E-state index in [1.807, 2.05) is 35.2 Å². The molecule has 120 valence electrons. The summed E-state index contributed by atoms with van der Waals surface area (Å²) in [6.45, 7) is 3.10. The lowest BCUT2D eigenvalue weighted by atomic mass is 10.0. The fraction of sp³-hybridized carbons (Fsp3) is 0.294. The molecule has 6 nitrogen and oxygen atoms in total. The second-order valence-corrected chi connectivity index (χ2v) is 5.40. The molecule has 3 rings (SSSR count). The van der Waals surface area contributed by atoms with Gasteiger partial charge in [0.2, 0.25) is 0 Å². The van der Waals surface area contributed by atoms with E-state index < -0.39 is 0 Å². The van der Waals surface area contributed by atoms with E-state index in [9.17, 15) is 9.90 Å². The van der Waals surface area contributed by atoms with E-state index in [0.29, 0.717) is 25.3 Å². The largest absolute Gasteiger partial charge is 0.507 e. The Hall–Kier alpha value is -2.44. The number of ether oxygens (including phenoxy) is 1. The molecule has 2 aromatic carbocycles. The molecule has 1 fully saturated rings. The lowest BCUT2D eigenvalue weighted by Crippen LogP contribution is -2.42. The zero-order valence-corrected chi connectivity index (χ0v) is 12.7. The first-order valence-electron chi connectivity index (χ1n) is 7.57. The van der Waals surface area contributed by atoms with Gasteiger partial charge in [0.15, 0.2) is 0 Å². The number of amides is 1. The molecule has 0 radical (unpaired) electrons. The topological polar surface area (TPSA) is 74.2 Å². The Labute approximate surface area is 134 Å². The highest BCUT2D eigenvalue weighted by molar-refractivity contribution is 6.02. The van der Waals surface area contributed by atoms with Gasteiger partial charge in [0.05, 0.1) is 26.0 Å². The Morgan fingerprint density at radius 2 is 2.04 bits per heavy atom. The number of fused-ring (bicyclic) bond motifs is 1. The van der Waals surface area contributed by atoms with Crippen molar-refractivity contribution in [2.75, 3.05) is 32.8 Å². The molecule has 0 saturated carbocycles. The Morgan fingerprint density at radius 3 is 2.87 bits per heavy atom. The van der Waals surface area contributed by atoms with Crippen LogP contribution in [-0.4, -0.2) is 55.0 Å². The molecule has 23 heavy (non-hydrogen) atoms. The number of morpholine rings is 1. The van der Waals surface area contributed by atoms with Crippen molar-refractivity contribution in [1.82, 2.24) is 10.3 Å². The summed E-state index contributed by atoms with van der Waals surface area (Å²) in [5, 5.41) is 15.9. The van der Waals surface area contributed by atoms with Crippen molar-refractivity contribution in [3.63, 3.8) is 0 Å². The predicted octanol–water partition coefficient (Wildman–Crippen LogP) is 1.33. The van der Waals surface area contributed by atoms with Crippen LogP contribution in [0.5, 0.6) is 5.75 Å². The van der Waals surface area contributed by atoms with Crippen LogP contribution >= 0.6 is 0 Å². The van der Waals surface area contributed by atoms with E-state index in [0.717, 1.165) is 23.9 Å². The van der Waals surface area contributed by atoms with Gasteiger partial charge in [0.25, 0.3) is 5.91 Å². The molecule has 1 saturated heterocycles. The molecule has 1 amide bonds. The van der Waals surface area contributed by atoms with Crippen molar-refractivity contribution >= 4 is 22.9 Å². The molecule has 6 heteroatoms. The molecule has 0 aliphatic carbocycles. The summed E-state index contributed by atoms with van der Waals surface area (Å²) in [7, 11) is 0. The molecule has 2 aromatic rings. The van der Waals surface area contributed by atoms with Crippen LogP contribution in [0, 0.1) is 0 Å². The van der Waals surface area contributed by atoms with Crippen molar-refractivity contribution in [3.8, 4) is 5.75 Å². The second kappa shape index (κ2) is 7.21. The standard InChI is InChI=1S/C17H19N3O3/c21-16-6-5-13-3-1-2-4-14(13)15(16)11-18-19-17(22)12-20-7-9-23-10-8-20/h1-6,11,21H,7-10,12H2,(H,19,22)/b18-11-. The minimum absolute atomic E-state index is 0.134. The van der Waals surface area contributed by atoms with E-state index >= 15 is 0 Å². The summed E-state index contributed by atoms with van der Waals surface area (Å²) < 4.78 is 5.24. The van der Waals surface area contributed by atoms with Crippen molar-refractivity contribution in [2.45, 2.75) is 0 Å². The first kappa shape index (κ1) is 15.5. The van der Waals surface area contributed by atoms with Gasteiger partial charge in [-0.15, -0.1) is 0 Å². The molecule has 1 aliphatic heterocycles. The number of hydrogen-bond donors (Lipinski definition) is 2. The fourth-order valence-corrected chi connectivity index (χ4v) is 2.59. The number of aromatic hydroxyl groups is 1.